The summed E-state index contributed by atoms with van der Waals surface area (Å²) in [7, 11) is 1.59. The van der Waals surface area contributed by atoms with E-state index < -0.39 is 0 Å². The van der Waals surface area contributed by atoms with Crippen LogP contribution in [0.3, 0.4) is 0 Å². The monoisotopic (exact) mass is 377 g/mol. The third-order valence-electron chi connectivity index (χ3n) is 4.47. The minimum atomic E-state index is -0.181. The highest BCUT2D eigenvalue weighted by Gasteiger charge is 2.15. The van der Waals surface area contributed by atoms with Crippen molar-refractivity contribution in [1.29, 1.82) is 0 Å². The SMILES string of the molecule is COc1cc2c(cc1NC(=O)c1ccc(CSC)cc1)oc1ccccc12. The lowest BCUT2D eigenvalue weighted by atomic mass is 10.1. The van der Waals surface area contributed by atoms with Crippen LogP contribution in [0.2, 0.25) is 0 Å². The standard InChI is InChI=1S/C22H19NO3S/c1-25-21-11-17-16-5-3-4-6-19(16)26-20(17)12-18(21)23-22(24)15-9-7-14(8-10-15)13-27-2/h3-12H,13H2,1-2H3,(H,23,24). The van der Waals surface area contributed by atoms with Gasteiger partial charge in [0.15, 0.2) is 0 Å². The molecular weight excluding hydrogens is 358 g/mol. The van der Waals surface area contributed by atoms with Gasteiger partial charge in [-0.25, -0.2) is 0 Å². The summed E-state index contributed by atoms with van der Waals surface area (Å²) in [4.78, 5) is 12.7. The number of furan rings is 1. The second-order valence-electron chi connectivity index (χ2n) is 6.23. The predicted octanol–water partition coefficient (Wildman–Crippen LogP) is 5.71. The van der Waals surface area contributed by atoms with Crippen molar-refractivity contribution in [3.63, 3.8) is 0 Å². The van der Waals surface area contributed by atoms with Crippen molar-refractivity contribution in [2.24, 2.45) is 0 Å². The Morgan fingerprint density at radius 1 is 1.04 bits per heavy atom. The number of carbonyl (C=O) groups is 1. The summed E-state index contributed by atoms with van der Waals surface area (Å²) in [5.74, 6) is 1.35. The van der Waals surface area contributed by atoms with Gasteiger partial charge in [-0.15, -0.1) is 0 Å². The maximum absolute atomic E-state index is 12.7. The zero-order chi connectivity index (χ0) is 18.8. The van der Waals surface area contributed by atoms with E-state index in [1.54, 1.807) is 18.9 Å². The summed E-state index contributed by atoms with van der Waals surface area (Å²) < 4.78 is 11.4. The number of thioether (sulfide) groups is 1. The van der Waals surface area contributed by atoms with Crippen molar-refractivity contribution in [3.8, 4) is 5.75 Å². The second-order valence-corrected chi connectivity index (χ2v) is 7.10. The van der Waals surface area contributed by atoms with E-state index in [0.717, 1.165) is 22.1 Å². The number of anilines is 1. The molecule has 3 aromatic carbocycles. The van der Waals surface area contributed by atoms with Gasteiger partial charge in [0.1, 0.15) is 16.9 Å². The first-order valence-electron chi connectivity index (χ1n) is 8.58. The molecule has 0 aliphatic carbocycles. The van der Waals surface area contributed by atoms with E-state index >= 15 is 0 Å². The van der Waals surface area contributed by atoms with Crippen molar-refractivity contribution >= 4 is 45.3 Å². The van der Waals surface area contributed by atoms with Crippen molar-refractivity contribution in [2.75, 3.05) is 18.7 Å². The number of fused-ring (bicyclic) bond motifs is 3. The maximum atomic E-state index is 12.7. The van der Waals surface area contributed by atoms with Crippen LogP contribution in [0.1, 0.15) is 15.9 Å². The molecule has 0 aliphatic rings. The first kappa shape index (κ1) is 17.5. The fourth-order valence-electron chi connectivity index (χ4n) is 3.13. The fraction of sp³-hybridized carbons (Fsp3) is 0.136. The number of hydrogen-bond acceptors (Lipinski definition) is 4. The molecule has 0 radical (unpaired) electrons. The second kappa shape index (κ2) is 7.37. The van der Waals surface area contributed by atoms with Crippen molar-refractivity contribution < 1.29 is 13.9 Å². The smallest absolute Gasteiger partial charge is 0.255 e. The molecule has 0 fully saturated rings. The summed E-state index contributed by atoms with van der Waals surface area (Å²) in [5, 5.41) is 4.92. The van der Waals surface area contributed by atoms with Crippen LogP contribution in [-0.2, 0) is 5.75 Å². The Balaban J connectivity index is 1.68. The van der Waals surface area contributed by atoms with Gasteiger partial charge in [0.2, 0.25) is 0 Å². The zero-order valence-corrected chi connectivity index (χ0v) is 15.9. The van der Waals surface area contributed by atoms with Gasteiger partial charge >= 0.3 is 0 Å². The summed E-state index contributed by atoms with van der Waals surface area (Å²) in [6.07, 6.45) is 2.06. The minimum absolute atomic E-state index is 0.181. The largest absolute Gasteiger partial charge is 0.495 e. The number of para-hydroxylation sites is 1. The molecule has 4 aromatic rings. The lowest BCUT2D eigenvalue weighted by molar-refractivity contribution is 0.102. The van der Waals surface area contributed by atoms with Crippen LogP contribution in [0.15, 0.2) is 65.1 Å². The number of rotatable bonds is 5. The summed E-state index contributed by atoms with van der Waals surface area (Å²) >= 11 is 1.75. The Kier molecular flexibility index (Phi) is 4.77. The third-order valence-corrected chi connectivity index (χ3v) is 5.10. The predicted molar refractivity (Wildman–Crippen MR) is 112 cm³/mol. The van der Waals surface area contributed by atoms with Gasteiger partial charge in [-0.05, 0) is 36.1 Å². The molecule has 1 aromatic heterocycles. The Morgan fingerprint density at radius 3 is 2.56 bits per heavy atom. The minimum Gasteiger partial charge on any atom is -0.495 e. The van der Waals surface area contributed by atoms with Crippen LogP contribution in [0.5, 0.6) is 5.75 Å². The first-order valence-corrected chi connectivity index (χ1v) is 9.97. The van der Waals surface area contributed by atoms with E-state index in [1.807, 2.05) is 60.7 Å². The molecule has 0 saturated carbocycles. The van der Waals surface area contributed by atoms with Crippen LogP contribution < -0.4 is 10.1 Å². The van der Waals surface area contributed by atoms with Gasteiger partial charge in [0.25, 0.3) is 5.91 Å². The Hall–Kier alpha value is -2.92. The number of nitrogens with one attached hydrogen (secondary N) is 1. The van der Waals surface area contributed by atoms with Gasteiger partial charge < -0.3 is 14.5 Å². The summed E-state index contributed by atoms with van der Waals surface area (Å²) in [5.41, 5.74) is 3.90. The van der Waals surface area contributed by atoms with E-state index in [-0.39, 0.29) is 5.91 Å². The van der Waals surface area contributed by atoms with Gasteiger partial charge in [-0.2, -0.15) is 11.8 Å². The molecule has 1 heterocycles. The Morgan fingerprint density at radius 2 is 1.81 bits per heavy atom. The average molecular weight is 377 g/mol. The van der Waals surface area contributed by atoms with E-state index in [1.165, 1.54) is 5.56 Å². The van der Waals surface area contributed by atoms with Crippen LogP contribution in [0, 0.1) is 0 Å². The highest BCUT2D eigenvalue weighted by molar-refractivity contribution is 7.97. The molecule has 0 aliphatic heterocycles. The summed E-state index contributed by atoms with van der Waals surface area (Å²) in [6, 6.07) is 19.2. The number of hydrogen-bond donors (Lipinski definition) is 1. The van der Waals surface area contributed by atoms with Gasteiger partial charge in [0.05, 0.1) is 12.8 Å². The zero-order valence-electron chi connectivity index (χ0n) is 15.1. The topological polar surface area (TPSA) is 51.5 Å². The molecule has 0 saturated heterocycles. The summed E-state index contributed by atoms with van der Waals surface area (Å²) in [6.45, 7) is 0. The van der Waals surface area contributed by atoms with Gasteiger partial charge in [-0.1, -0.05) is 30.3 Å². The Bertz CT molecular complexity index is 1120. The quantitative estimate of drug-likeness (QED) is 0.484. The molecule has 4 rings (SSSR count). The van der Waals surface area contributed by atoms with E-state index in [0.29, 0.717) is 22.6 Å². The maximum Gasteiger partial charge on any atom is 0.255 e. The molecular formula is C22H19NO3S. The fourth-order valence-corrected chi connectivity index (χ4v) is 3.66. The van der Waals surface area contributed by atoms with Gasteiger partial charge in [-0.3, -0.25) is 4.79 Å². The lowest BCUT2D eigenvalue weighted by Gasteiger charge is -2.11. The molecule has 5 heteroatoms. The molecule has 4 nitrogen and oxygen atoms in total. The van der Waals surface area contributed by atoms with Crippen molar-refractivity contribution in [1.82, 2.24) is 0 Å². The van der Waals surface area contributed by atoms with Crippen LogP contribution in [0.4, 0.5) is 5.69 Å². The first-order chi connectivity index (χ1) is 13.2. The number of amides is 1. The molecule has 136 valence electrons. The number of benzene rings is 3. The van der Waals surface area contributed by atoms with Crippen molar-refractivity contribution in [2.45, 2.75) is 5.75 Å². The van der Waals surface area contributed by atoms with E-state index in [9.17, 15) is 4.79 Å². The third kappa shape index (κ3) is 3.38. The van der Waals surface area contributed by atoms with E-state index in [2.05, 4.69) is 11.6 Å². The van der Waals surface area contributed by atoms with Crippen molar-refractivity contribution in [3.05, 3.63) is 71.8 Å². The Labute approximate surface area is 161 Å². The van der Waals surface area contributed by atoms with Crippen LogP contribution in [-0.4, -0.2) is 19.3 Å². The van der Waals surface area contributed by atoms with Crippen LogP contribution in [0.25, 0.3) is 21.9 Å². The molecule has 0 unspecified atom stereocenters. The molecule has 1 amide bonds. The highest BCUT2D eigenvalue weighted by Crippen LogP contribution is 2.36. The normalized spacial score (nSPS) is 11.0. The number of carbonyl (C=O) groups excluding carboxylic acids is 1. The highest BCUT2D eigenvalue weighted by atomic mass is 32.2. The molecule has 0 atom stereocenters. The van der Waals surface area contributed by atoms with Gasteiger partial charge in [0, 0.05) is 28.2 Å². The molecule has 27 heavy (non-hydrogen) atoms. The number of ether oxygens (including phenoxy) is 1. The van der Waals surface area contributed by atoms with Crippen LogP contribution >= 0.6 is 11.8 Å². The van der Waals surface area contributed by atoms with E-state index in [4.69, 9.17) is 9.15 Å². The molecule has 1 N–H and O–H groups in total. The number of methoxy groups -OCH3 is 1. The average Bonchev–Trinajstić information content (AvgIpc) is 3.05. The molecule has 0 spiro atoms. The molecule has 0 bridgehead atoms. The lowest BCUT2D eigenvalue weighted by Crippen LogP contribution is -2.12.